The Kier molecular flexibility index (Phi) is 4.55. The van der Waals surface area contributed by atoms with Crippen molar-refractivity contribution in [2.75, 3.05) is 19.6 Å². The third-order valence-corrected chi connectivity index (χ3v) is 4.34. The van der Waals surface area contributed by atoms with E-state index < -0.39 is 0 Å². The molecule has 0 amide bonds. The summed E-state index contributed by atoms with van der Waals surface area (Å²) in [6.45, 7) is 15.0. The standard InChI is InChI=1S/C18H30N2/c1-17(2,3)16-13-19-18(4,5)14-20(16)12-11-15-9-7-6-8-10-15/h6-10,16,19H,11-14H2,1-5H3. The van der Waals surface area contributed by atoms with E-state index in [9.17, 15) is 0 Å². The van der Waals surface area contributed by atoms with Gasteiger partial charge >= 0.3 is 0 Å². The molecule has 0 aliphatic carbocycles. The van der Waals surface area contributed by atoms with E-state index in [1.807, 2.05) is 0 Å². The van der Waals surface area contributed by atoms with Crippen molar-refractivity contribution in [2.24, 2.45) is 5.41 Å². The molecule has 1 aromatic carbocycles. The van der Waals surface area contributed by atoms with E-state index >= 15 is 0 Å². The summed E-state index contributed by atoms with van der Waals surface area (Å²) >= 11 is 0. The van der Waals surface area contributed by atoms with Crippen LogP contribution in [0.25, 0.3) is 0 Å². The van der Waals surface area contributed by atoms with E-state index in [1.54, 1.807) is 0 Å². The zero-order chi connectivity index (χ0) is 14.8. The fourth-order valence-corrected chi connectivity index (χ4v) is 3.18. The first-order valence-corrected chi connectivity index (χ1v) is 7.81. The molecule has 1 aromatic rings. The maximum Gasteiger partial charge on any atom is 0.0270 e. The summed E-state index contributed by atoms with van der Waals surface area (Å²) in [4.78, 5) is 2.68. The summed E-state index contributed by atoms with van der Waals surface area (Å²) in [5.74, 6) is 0. The minimum atomic E-state index is 0.221. The van der Waals surface area contributed by atoms with Crippen LogP contribution in [-0.4, -0.2) is 36.1 Å². The highest BCUT2D eigenvalue weighted by atomic mass is 15.3. The Morgan fingerprint density at radius 1 is 1.20 bits per heavy atom. The Morgan fingerprint density at radius 3 is 2.45 bits per heavy atom. The zero-order valence-electron chi connectivity index (χ0n) is 13.7. The van der Waals surface area contributed by atoms with Crippen LogP contribution in [0, 0.1) is 5.41 Å². The SMILES string of the molecule is CC1(C)CN(CCc2ccccc2)C(C(C)(C)C)CN1. The number of hydrogen-bond acceptors (Lipinski definition) is 2. The van der Waals surface area contributed by atoms with Gasteiger partial charge in [-0.3, -0.25) is 4.90 Å². The Bertz CT molecular complexity index is 417. The van der Waals surface area contributed by atoms with Gasteiger partial charge in [0.05, 0.1) is 0 Å². The first kappa shape index (κ1) is 15.5. The molecule has 0 radical (unpaired) electrons. The maximum atomic E-state index is 3.70. The van der Waals surface area contributed by atoms with Crippen molar-refractivity contribution in [3.63, 3.8) is 0 Å². The molecule has 0 spiro atoms. The third kappa shape index (κ3) is 4.07. The molecule has 1 heterocycles. The summed E-state index contributed by atoms with van der Waals surface area (Å²) < 4.78 is 0. The topological polar surface area (TPSA) is 15.3 Å². The van der Waals surface area contributed by atoms with Crippen molar-refractivity contribution in [3.05, 3.63) is 35.9 Å². The van der Waals surface area contributed by atoms with Gasteiger partial charge in [0, 0.05) is 31.2 Å². The van der Waals surface area contributed by atoms with Crippen molar-refractivity contribution in [2.45, 2.75) is 52.6 Å². The second-order valence-electron chi connectivity index (χ2n) is 7.85. The quantitative estimate of drug-likeness (QED) is 0.909. The molecule has 0 aromatic heterocycles. The predicted molar refractivity (Wildman–Crippen MR) is 87.0 cm³/mol. The number of piperazine rings is 1. The molecule has 1 unspecified atom stereocenters. The van der Waals surface area contributed by atoms with E-state index in [-0.39, 0.29) is 5.54 Å². The normalized spacial score (nSPS) is 23.8. The van der Waals surface area contributed by atoms with Crippen LogP contribution in [0.3, 0.4) is 0 Å². The number of nitrogens with zero attached hydrogens (tertiary/aromatic N) is 1. The minimum Gasteiger partial charge on any atom is -0.309 e. The van der Waals surface area contributed by atoms with Crippen LogP contribution in [0.15, 0.2) is 30.3 Å². The van der Waals surface area contributed by atoms with Crippen LogP contribution in [0.5, 0.6) is 0 Å². The highest BCUT2D eigenvalue weighted by molar-refractivity contribution is 5.15. The fraction of sp³-hybridized carbons (Fsp3) is 0.667. The van der Waals surface area contributed by atoms with Crippen LogP contribution < -0.4 is 5.32 Å². The van der Waals surface area contributed by atoms with Gasteiger partial charge in [0.2, 0.25) is 0 Å². The molecule has 2 rings (SSSR count). The zero-order valence-corrected chi connectivity index (χ0v) is 13.7. The highest BCUT2D eigenvalue weighted by Gasteiger charge is 2.37. The van der Waals surface area contributed by atoms with Crippen molar-refractivity contribution >= 4 is 0 Å². The van der Waals surface area contributed by atoms with Gasteiger partial charge in [-0.1, -0.05) is 51.1 Å². The average molecular weight is 274 g/mol. The molecule has 1 aliphatic rings. The lowest BCUT2D eigenvalue weighted by molar-refractivity contribution is 0.0342. The van der Waals surface area contributed by atoms with E-state index in [0.29, 0.717) is 11.5 Å². The monoisotopic (exact) mass is 274 g/mol. The highest BCUT2D eigenvalue weighted by Crippen LogP contribution is 2.28. The summed E-state index contributed by atoms with van der Waals surface area (Å²) in [6, 6.07) is 11.4. The molecule has 2 heteroatoms. The Hall–Kier alpha value is -0.860. The molecule has 0 saturated carbocycles. The lowest BCUT2D eigenvalue weighted by Gasteiger charge is -2.49. The fourth-order valence-electron chi connectivity index (χ4n) is 3.18. The molecule has 0 bridgehead atoms. The van der Waals surface area contributed by atoms with Crippen LogP contribution in [0.4, 0.5) is 0 Å². The van der Waals surface area contributed by atoms with E-state index in [0.717, 1.165) is 26.1 Å². The average Bonchev–Trinajstić information content (AvgIpc) is 2.35. The van der Waals surface area contributed by atoms with Crippen LogP contribution in [0.1, 0.15) is 40.2 Å². The molecule has 2 nitrogen and oxygen atoms in total. The van der Waals surface area contributed by atoms with E-state index in [2.05, 4.69) is 75.2 Å². The minimum absolute atomic E-state index is 0.221. The molecular weight excluding hydrogens is 244 g/mol. The Balaban J connectivity index is 2.04. The summed E-state index contributed by atoms with van der Waals surface area (Å²) in [5, 5.41) is 3.70. The lowest BCUT2D eigenvalue weighted by atomic mass is 9.82. The number of benzene rings is 1. The molecule has 112 valence electrons. The van der Waals surface area contributed by atoms with Crippen molar-refractivity contribution in [3.8, 4) is 0 Å². The van der Waals surface area contributed by atoms with Gasteiger partial charge in [0.15, 0.2) is 0 Å². The Morgan fingerprint density at radius 2 is 1.85 bits per heavy atom. The van der Waals surface area contributed by atoms with Gasteiger partial charge in [-0.25, -0.2) is 0 Å². The summed E-state index contributed by atoms with van der Waals surface area (Å²) in [7, 11) is 0. The first-order valence-electron chi connectivity index (χ1n) is 7.81. The first-order chi connectivity index (χ1) is 9.28. The Labute approximate surface area is 124 Å². The van der Waals surface area contributed by atoms with Crippen molar-refractivity contribution in [1.29, 1.82) is 0 Å². The van der Waals surface area contributed by atoms with Gasteiger partial charge in [0.1, 0.15) is 0 Å². The predicted octanol–water partition coefficient (Wildman–Crippen LogP) is 3.33. The van der Waals surface area contributed by atoms with Gasteiger partial charge in [-0.2, -0.15) is 0 Å². The van der Waals surface area contributed by atoms with E-state index in [1.165, 1.54) is 5.56 Å². The van der Waals surface area contributed by atoms with Crippen LogP contribution in [0.2, 0.25) is 0 Å². The summed E-state index contributed by atoms with van der Waals surface area (Å²) in [5.41, 5.74) is 1.98. The van der Waals surface area contributed by atoms with Gasteiger partial charge in [0.25, 0.3) is 0 Å². The second-order valence-corrected chi connectivity index (χ2v) is 7.85. The van der Waals surface area contributed by atoms with E-state index in [4.69, 9.17) is 0 Å². The maximum absolute atomic E-state index is 3.70. The molecule has 1 N–H and O–H groups in total. The molecule has 1 saturated heterocycles. The molecule has 1 fully saturated rings. The molecular formula is C18H30N2. The van der Waals surface area contributed by atoms with Crippen LogP contribution >= 0.6 is 0 Å². The molecule has 1 aliphatic heterocycles. The second kappa shape index (κ2) is 5.87. The van der Waals surface area contributed by atoms with Gasteiger partial charge in [-0.05, 0) is 31.2 Å². The number of rotatable bonds is 3. The summed E-state index contributed by atoms with van der Waals surface area (Å²) in [6.07, 6.45) is 1.14. The van der Waals surface area contributed by atoms with Gasteiger partial charge < -0.3 is 5.32 Å². The lowest BCUT2D eigenvalue weighted by Crippen LogP contribution is -2.64. The third-order valence-electron chi connectivity index (χ3n) is 4.34. The molecule has 20 heavy (non-hydrogen) atoms. The van der Waals surface area contributed by atoms with Crippen LogP contribution in [-0.2, 0) is 6.42 Å². The van der Waals surface area contributed by atoms with Gasteiger partial charge in [-0.15, -0.1) is 0 Å². The number of nitrogens with one attached hydrogen (secondary N) is 1. The molecule has 1 atom stereocenters. The largest absolute Gasteiger partial charge is 0.309 e. The van der Waals surface area contributed by atoms with Crippen molar-refractivity contribution < 1.29 is 0 Å². The van der Waals surface area contributed by atoms with Crippen molar-refractivity contribution in [1.82, 2.24) is 10.2 Å². The number of hydrogen-bond donors (Lipinski definition) is 1. The smallest absolute Gasteiger partial charge is 0.0270 e.